The van der Waals surface area contributed by atoms with Gasteiger partial charge in [-0.2, -0.15) is 0 Å². The molecule has 1 N–H and O–H groups in total. The van der Waals surface area contributed by atoms with Gasteiger partial charge in [-0.3, -0.25) is 4.79 Å². The fourth-order valence-corrected chi connectivity index (χ4v) is 5.46. The maximum Gasteiger partial charge on any atom is 0.303 e. The van der Waals surface area contributed by atoms with Crippen LogP contribution in [0.2, 0.25) is 0 Å². The number of carboxylic acid groups (broad SMARTS) is 1. The van der Waals surface area contributed by atoms with E-state index in [9.17, 15) is 4.79 Å². The highest BCUT2D eigenvalue weighted by molar-refractivity contribution is 5.66. The van der Waals surface area contributed by atoms with Gasteiger partial charge in [0.05, 0.1) is 0 Å². The molecule has 0 aliphatic heterocycles. The number of carbonyl (C=O) groups is 1. The van der Waals surface area contributed by atoms with E-state index in [1.807, 2.05) is 0 Å². The number of aliphatic carboxylic acids is 1. The second kappa shape index (κ2) is 14.9. The van der Waals surface area contributed by atoms with Crippen LogP contribution >= 0.6 is 0 Å². The van der Waals surface area contributed by atoms with Gasteiger partial charge in [0.15, 0.2) is 0 Å². The van der Waals surface area contributed by atoms with Gasteiger partial charge in [-0.15, -0.1) is 13.2 Å². The van der Waals surface area contributed by atoms with Crippen LogP contribution in [-0.4, -0.2) is 11.1 Å². The molecule has 2 heteroatoms. The Bertz CT molecular complexity index is 430. The Morgan fingerprint density at radius 2 is 1.32 bits per heavy atom. The van der Waals surface area contributed by atoms with Gasteiger partial charge in [0, 0.05) is 6.42 Å². The minimum absolute atomic E-state index is 0.325. The topological polar surface area (TPSA) is 37.3 Å². The van der Waals surface area contributed by atoms with E-state index in [2.05, 4.69) is 32.2 Å². The van der Waals surface area contributed by atoms with Crippen LogP contribution in [0.15, 0.2) is 25.3 Å². The lowest BCUT2D eigenvalue weighted by atomic mass is 9.78. The van der Waals surface area contributed by atoms with E-state index in [0.717, 1.165) is 37.5 Å². The highest BCUT2D eigenvalue weighted by Crippen LogP contribution is 2.53. The van der Waals surface area contributed by atoms with E-state index in [-0.39, 0.29) is 0 Å². The molecule has 0 amide bonds. The van der Waals surface area contributed by atoms with Crippen molar-refractivity contribution in [2.75, 3.05) is 0 Å². The van der Waals surface area contributed by atoms with Crippen LogP contribution in [0.4, 0.5) is 0 Å². The lowest BCUT2D eigenvalue weighted by molar-refractivity contribution is -0.137. The summed E-state index contributed by atoms with van der Waals surface area (Å²) in [6.07, 6.45) is 24.9. The SMILES string of the molecule is C=CCC1(CC=C)C[C@H](CCCCCCCC)[C@@H](CCCCCCC(=O)O)C1. The molecule has 0 aromatic rings. The summed E-state index contributed by atoms with van der Waals surface area (Å²) in [5.74, 6) is 1.05. The summed E-state index contributed by atoms with van der Waals surface area (Å²) in [7, 11) is 0. The highest BCUT2D eigenvalue weighted by Gasteiger charge is 2.42. The third-order valence-corrected chi connectivity index (χ3v) is 6.86. The Labute approximate surface area is 174 Å². The molecule has 0 aromatic carbocycles. The first kappa shape index (κ1) is 25.0. The highest BCUT2D eigenvalue weighted by atomic mass is 16.4. The number of hydrogen-bond donors (Lipinski definition) is 1. The third kappa shape index (κ3) is 9.94. The fourth-order valence-electron chi connectivity index (χ4n) is 5.46. The van der Waals surface area contributed by atoms with E-state index in [4.69, 9.17) is 5.11 Å². The summed E-state index contributed by atoms with van der Waals surface area (Å²) in [6.45, 7) is 10.3. The van der Waals surface area contributed by atoms with Crippen molar-refractivity contribution in [3.05, 3.63) is 25.3 Å². The van der Waals surface area contributed by atoms with Gasteiger partial charge < -0.3 is 5.11 Å². The van der Waals surface area contributed by atoms with Crippen molar-refractivity contribution in [3.63, 3.8) is 0 Å². The average Bonchev–Trinajstić information content (AvgIpc) is 2.98. The van der Waals surface area contributed by atoms with E-state index >= 15 is 0 Å². The molecule has 0 aromatic heterocycles. The molecule has 0 spiro atoms. The molecule has 28 heavy (non-hydrogen) atoms. The van der Waals surface area contributed by atoms with Gasteiger partial charge in [0.2, 0.25) is 0 Å². The summed E-state index contributed by atoms with van der Waals surface area (Å²) in [5, 5.41) is 8.77. The molecule has 2 atom stereocenters. The van der Waals surface area contributed by atoms with Crippen molar-refractivity contribution in [3.8, 4) is 0 Å². The normalized spacial score (nSPS) is 20.9. The van der Waals surface area contributed by atoms with Crippen molar-refractivity contribution in [2.45, 2.75) is 116 Å². The van der Waals surface area contributed by atoms with Crippen LogP contribution in [0.25, 0.3) is 0 Å². The second-order valence-electron chi connectivity index (χ2n) is 9.32. The predicted octanol–water partition coefficient (Wildman–Crippen LogP) is 8.33. The van der Waals surface area contributed by atoms with Crippen molar-refractivity contribution < 1.29 is 9.90 Å². The standard InChI is InChI=1S/C26H46O2/c1-4-7-8-9-10-13-16-23-21-26(19-5-2,20-6-3)22-24(23)17-14-11-12-15-18-25(27)28/h5-6,23-24H,2-4,7-22H2,1H3,(H,27,28)/t23-,24-/m0/s1. The smallest absolute Gasteiger partial charge is 0.303 e. The van der Waals surface area contributed by atoms with Crippen LogP contribution in [-0.2, 0) is 4.79 Å². The van der Waals surface area contributed by atoms with Crippen molar-refractivity contribution >= 4 is 5.97 Å². The van der Waals surface area contributed by atoms with Gasteiger partial charge in [-0.25, -0.2) is 0 Å². The molecule has 162 valence electrons. The van der Waals surface area contributed by atoms with Crippen LogP contribution in [0.3, 0.4) is 0 Å². The van der Waals surface area contributed by atoms with Crippen molar-refractivity contribution in [1.29, 1.82) is 0 Å². The molecule has 1 aliphatic rings. The first-order chi connectivity index (χ1) is 13.6. The Kier molecular flexibility index (Phi) is 13.3. The van der Waals surface area contributed by atoms with Crippen molar-refractivity contribution in [1.82, 2.24) is 0 Å². The zero-order chi connectivity index (χ0) is 20.7. The van der Waals surface area contributed by atoms with Crippen LogP contribution in [0.1, 0.15) is 116 Å². The summed E-state index contributed by atoms with van der Waals surface area (Å²) in [4.78, 5) is 10.6. The third-order valence-electron chi connectivity index (χ3n) is 6.86. The molecular formula is C26H46O2. The quantitative estimate of drug-likeness (QED) is 0.189. The van der Waals surface area contributed by atoms with Crippen LogP contribution < -0.4 is 0 Å². The Balaban J connectivity index is 2.47. The maximum absolute atomic E-state index is 10.6. The van der Waals surface area contributed by atoms with Gasteiger partial charge in [0.25, 0.3) is 0 Å². The molecule has 1 rings (SSSR count). The Morgan fingerprint density at radius 3 is 1.79 bits per heavy atom. The molecular weight excluding hydrogens is 344 g/mol. The predicted molar refractivity (Wildman–Crippen MR) is 122 cm³/mol. The number of unbranched alkanes of at least 4 members (excludes halogenated alkanes) is 8. The molecule has 0 radical (unpaired) electrons. The van der Waals surface area contributed by atoms with Crippen LogP contribution in [0, 0.1) is 17.3 Å². The zero-order valence-corrected chi connectivity index (χ0v) is 18.6. The molecule has 0 saturated heterocycles. The molecule has 1 saturated carbocycles. The van der Waals surface area contributed by atoms with E-state index in [0.29, 0.717) is 11.8 Å². The summed E-state index contributed by atoms with van der Waals surface area (Å²) in [6, 6.07) is 0. The van der Waals surface area contributed by atoms with Gasteiger partial charge >= 0.3 is 5.97 Å². The Hall–Kier alpha value is -1.05. The summed E-state index contributed by atoms with van der Waals surface area (Å²) in [5.41, 5.74) is 0.407. The lowest BCUT2D eigenvalue weighted by Crippen LogP contribution is -2.15. The first-order valence-corrected chi connectivity index (χ1v) is 12.0. The van der Waals surface area contributed by atoms with E-state index < -0.39 is 5.97 Å². The van der Waals surface area contributed by atoms with Gasteiger partial charge in [0.1, 0.15) is 0 Å². The number of carboxylic acids is 1. The second-order valence-corrected chi connectivity index (χ2v) is 9.32. The Morgan fingerprint density at radius 1 is 0.857 bits per heavy atom. The zero-order valence-electron chi connectivity index (χ0n) is 18.6. The summed E-state index contributed by atoms with van der Waals surface area (Å²) < 4.78 is 0. The molecule has 0 heterocycles. The largest absolute Gasteiger partial charge is 0.481 e. The summed E-state index contributed by atoms with van der Waals surface area (Å²) >= 11 is 0. The molecule has 1 fully saturated rings. The lowest BCUT2D eigenvalue weighted by Gasteiger charge is -2.27. The average molecular weight is 391 g/mol. The molecule has 0 bridgehead atoms. The molecule has 1 aliphatic carbocycles. The number of hydrogen-bond acceptors (Lipinski definition) is 1. The van der Waals surface area contributed by atoms with Crippen molar-refractivity contribution in [2.24, 2.45) is 17.3 Å². The van der Waals surface area contributed by atoms with Crippen LogP contribution in [0.5, 0.6) is 0 Å². The molecule has 0 unspecified atom stereocenters. The fraction of sp³-hybridized carbons (Fsp3) is 0.808. The number of rotatable bonds is 18. The van der Waals surface area contributed by atoms with E-state index in [1.54, 1.807) is 0 Å². The first-order valence-electron chi connectivity index (χ1n) is 12.0. The monoisotopic (exact) mass is 390 g/mol. The maximum atomic E-state index is 10.6. The van der Waals surface area contributed by atoms with E-state index in [1.165, 1.54) is 77.0 Å². The number of allylic oxidation sites excluding steroid dienone is 2. The van der Waals surface area contributed by atoms with Gasteiger partial charge in [-0.05, 0) is 49.4 Å². The minimum Gasteiger partial charge on any atom is -0.481 e. The minimum atomic E-state index is -0.659. The van der Waals surface area contributed by atoms with Gasteiger partial charge in [-0.1, -0.05) is 89.7 Å². The molecule has 2 nitrogen and oxygen atoms in total.